The van der Waals surface area contributed by atoms with E-state index in [9.17, 15) is 14.4 Å². The zero-order valence-corrected chi connectivity index (χ0v) is 18.3. The van der Waals surface area contributed by atoms with E-state index in [-0.39, 0.29) is 29.6 Å². The highest BCUT2D eigenvalue weighted by Crippen LogP contribution is 2.21. The van der Waals surface area contributed by atoms with Crippen LogP contribution in [0.1, 0.15) is 35.7 Å². The fraction of sp³-hybridized carbons (Fsp3) is 0.320. The van der Waals surface area contributed by atoms with Crippen LogP contribution in [0, 0.1) is 0 Å². The molecule has 0 radical (unpaired) electrons. The van der Waals surface area contributed by atoms with Crippen molar-refractivity contribution in [2.75, 3.05) is 19.8 Å². The predicted molar refractivity (Wildman–Crippen MR) is 121 cm³/mol. The lowest BCUT2D eigenvalue weighted by Crippen LogP contribution is -2.34. The van der Waals surface area contributed by atoms with Gasteiger partial charge in [-0.1, -0.05) is 19.1 Å². The van der Waals surface area contributed by atoms with Crippen LogP contribution in [0.5, 0.6) is 11.5 Å². The minimum Gasteiger partial charge on any atom is -0.482 e. The normalized spacial score (nSPS) is 15.4. The van der Waals surface area contributed by atoms with Crippen LogP contribution >= 0.6 is 0 Å². The number of aryl methyl sites for hydroxylation is 1. The molecule has 1 fully saturated rings. The Morgan fingerprint density at radius 1 is 1.12 bits per heavy atom. The van der Waals surface area contributed by atoms with Gasteiger partial charge in [-0.2, -0.15) is 0 Å². The van der Waals surface area contributed by atoms with Gasteiger partial charge in [0, 0.05) is 24.6 Å². The van der Waals surface area contributed by atoms with Crippen LogP contribution in [-0.4, -0.2) is 37.7 Å². The summed E-state index contributed by atoms with van der Waals surface area (Å²) in [7, 11) is 0. The molecule has 1 aliphatic heterocycles. The molecule has 0 saturated carbocycles. The smallest absolute Gasteiger partial charge is 0.349 e. The summed E-state index contributed by atoms with van der Waals surface area (Å²) in [6.45, 7) is 2.80. The van der Waals surface area contributed by atoms with E-state index in [4.69, 9.17) is 18.6 Å². The lowest BCUT2D eigenvalue weighted by atomic mass is 10.1. The predicted octanol–water partition coefficient (Wildman–Crippen LogP) is 3.25. The summed E-state index contributed by atoms with van der Waals surface area (Å²) in [6, 6.07) is 13.5. The molecule has 0 aliphatic carbocycles. The van der Waals surface area contributed by atoms with Gasteiger partial charge >= 0.3 is 11.6 Å². The van der Waals surface area contributed by atoms with Gasteiger partial charge in [0.05, 0.1) is 6.10 Å². The number of rotatable bonds is 8. The van der Waals surface area contributed by atoms with Gasteiger partial charge < -0.3 is 23.9 Å². The van der Waals surface area contributed by atoms with Crippen molar-refractivity contribution in [2.24, 2.45) is 0 Å². The van der Waals surface area contributed by atoms with Gasteiger partial charge in [0.15, 0.2) is 6.61 Å². The number of hydrogen-bond donors (Lipinski definition) is 1. The van der Waals surface area contributed by atoms with Gasteiger partial charge in [-0.15, -0.1) is 0 Å². The molecule has 3 aromatic rings. The van der Waals surface area contributed by atoms with E-state index in [1.807, 2.05) is 25.1 Å². The molecule has 1 N–H and O–H groups in total. The number of amides is 1. The number of carbonyl (C=O) groups is 2. The molecule has 33 heavy (non-hydrogen) atoms. The summed E-state index contributed by atoms with van der Waals surface area (Å²) in [5, 5.41) is 3.24. The van der Waals surface area contributed by atoms with Crippen molar-refractivity contribution in [3.63, 3.8) is 0 Å². The minimum absolute atomic E-state index is 0.0294. The maximum absolute atomic E-state index is 12.4. The van der Waals surface area contributed by atoms with E-state index in [2.05, 4.69) is 5.32 Å². The molecule has 8 heteroatoms. The molecule has 172 valence electrons. The molecule has 1 atom stereocenters. The molecule has 2 heterocycles. The molecule has 2 aromatic carbocycles. The average molecular weight is 451 g/mol. The number of carbonyl (C=O) groups excluding carboxylic acids is 2. The Hall–Kier alpha value is -3.65. The highest BCUT2D eigenvalue weighted by Gasteiger charge is 2.19. The molecular formula is C25H25NO7. The summed E-state index contributed by atoms with van der Waals surface area (Å²) in [5.41, 5.74) is 0.450. The Morgan fingerprint density at radius 2 is 2.00 bits per heavy atom. The Labute approximate surface area is 190 Å². The lowest BCUT2D eigenvalue weighted by Gasteiger charge is -2.10. The first-order valence-corrected chi connectivity index (χ1v) is 10.9. The molecule has 0 bridgehead atoms. The average Bonchev–Trinajstić information content (AvgIpc) is 3.34. The second-order valence-corrected chi connectivity index (χ2v) is 7.76. The largest absolute Gasteiger partial charge is 0.482 e. The first-order valence-electron chi connectivity index (χ1n) is 10.9. The molecular weight excluding hydrogens is 426 g/mol. The van der Waals surface area contributed by atoms with Crippen LogP contribution in [0.15, 0.2) is 57.7 Å². The van der Waals surface area contributed by atoms with Gasteiger partial charge in [0.2, 0.25) is 0 Å². The standard InChI is InChI=1S/C25H25NO7/c1-2-16-5-3-6-18(11-16)31-15-23(27)32-19-9-8-17-12-21(25(29)33-22(17)13-19)24(28)26-14-20-7-4-10-30-20/h3,5-6,8-9,11-13,20H,2,4,7,10,14-15H2,1H3,(H,26,28). The molecule has 1 unspecified atom stereocenters. The third-order valence-corrected chi connectivity index (χ3v) is 5.36. The number of ether oxygens (including phenoxy) is 3. The maximum atomic E-state index is 12.4. The van der Waals surface area contributed by atoms with Crippen LogP contribution in [0.3, 0.4) is 0 Å². The van der Waals surface area contributed by atoms with Crippen molar-refractivity contribution >= 4 is 22.8 Å². The van der Waals surface area contributed by atoms with Crippen LogP contribution in [-0.2, 0) is 16.0 Å². The van der Waals surface area contributed by atoms with Gasteiger partial charge in [-0.05, 0) is 55.2 Å². The fourth-order valence-corrected chi connectivity index (χ4v) is 3.58. The van der Waals surface area contributed by atoms with Gasteiger partial charge in [-0.25, -0.2) is 9.59 Å². The first kappa shape index (κ1) is 22.5. The number of esters is 1. The van der Waals surface area contributed by atoms with Crippen molar-refractivity contribution in [3.05, 3.63) is 70.1 Å². The van der Waals surface area contributed by atoms with Crippen LogP contribution < -0.4 is 20.4 Å². The van der Waals surface area contributed by atoms with Gasteiger partial charge in [0.1, 0.15) is 22.6 Å². The Bertz CT molecular complexity index is 1210. The summed E-state index contributed by atoms with van der Waals surface area (Å²) < 4.78 is 21.5. The topological polar surface area (TPSA) is 104 Å². The second kappa shape index (κ2) is 10.3. The fourth-order valence-electron chi connectivity index (χ4n) is 3.58. The minimum atomic E-state index is -0.769. The lowest BCUT2D eigenvalue weighted by molar-refractivity contribution is -0.136. The molecule has 1 aromatic heterocycles. The highest BCUT2D eigenvalue weighted by atomic mass is 16.6. The molecule has 0 spiro atoms. The number of fused-ring (bicyclic) bond motifs is 1. The zero-order valence-electron chi connectivity index (χ0n) is 18.3. The SMILES string of the molecule is CCc1cccc(OCC(=O)Oc2ccc3cc(C(=O)NCC4CCCO4)c(=O)oc3c2)c1. The monoisotopic (exact) mass is 451 g/mol. The summed E-state index contributed by atoms with van der Waals surface area (Å²) in [6.07, 6.45) is 2.68. The van der Waals surface area contributed by atoms with Gasteiger partial charge in [-0.3, -0.25) is 4.79 Å². The van der Waals surface area contributed by atoms with E-state index in [1.165, 1.54) is 12.1 Å². The van der Waals surface area contributed by atoms with Crippen LogP contribution in [0.25, 0.3) is 11.0 Å². The molecule has 1 saturated heterocycles. The summed E-state index contributed by atoms with van der Waals surface area (Å²) in [5.74, 6) is -0.317. The van der Waals surface area contributed by atoms with E-state index in [1.54, 1.807) is 18.2 Å². The number of hydrogen-bond acceptors (Lipinski definition) is 7. The van der Waals surface area contributed by atoms with Gasteiger partial charge in [0.25, 0.3) is 5.91 Å². The number of benzene rings is 2. The van der Waals surface area contributed by atoms with Crippen molar-refractivity contribution in [1.82, 2.24) is 5.32 Å². The Morgan fingerprint density at radius 3 is 2.79 bits per heavy atom. The molecule has 4 rings (SSSR count). The third kappa shape index (κ3) is 5.78. The zero-order chi connectivity index (χ0) is 23.2. The van der Waals surface area contributed by atoms with Crippen LogP contribution in [0.4, 0.5) is 0 Å². The quantitative estimate of drug-likeness (QED) is 0.318. The van der Waals surface area contributed by atoms with E-state index in [0.717, 1.165) is 24.8 Å². The third-order valence-electron chi connectivity index (χ3n) is 5.36. The van der Waals surface area contributed by atoms with Crippen molar-refractivity contribution in [3.8, 4) is 11.5 Å². The van der Waals surface area contributed by atoms with Crippen molar-refractivity contribution < 1.29 is 28.2 Å². The Balaban J connectivity index is 1.39. The Kier molecular flexibility index (Phi) is 7.04. The maximum Gasteiger partial charge on any atom is 0.349 e. The van der Waals surface area contributed by atoms with Crippen molar-refractivity contribution in [2.45, 2.75) is 32.3 Å². The molecule has 1 amide bonds. The molecule has 1 aliphatic rings. The second-order valence-electron chi connectivity index (χ2n) is 7.76. The first-order chi connectivity index (χ1) is 16.0. The highest BCUT2D eigenvalue weighted by molar-refractivity contribution is 5.96. The van der Waals surface area contributed by atoms with E-state index >= 15 is 0 Å². The number of nitrogens with one attached hydrogen (secondary N) is 1. The van der Waals surface area contributed by atoms with E-state index in [0.29, 0.717) is 24.3 Å². The van der Waals surface area contributed by atoms with E-state index < -0.39 is 17.5 Å². The summed E-state index contributed by atoms with van der Waals surface area (Å²) in [4.78, 5) is 36.9. The summed E-state index contributed by atoms with van der Waals surface area (Å²) >= 11 is 0. The van der Waals surface area contributed by atoms with Crippen molar-refractivity contribution in [1.29, 1.82) is 0 Å². The molecule has 8 nitrogen and oxygen atoms in total. The van der Waals surface area contributed by atoms with Crippen LogP contribution in [0.2, 0.25) is 0 Å².